The number of hydrogen-bond donors (Lipinski definition) is 0. The maximum Gasteiger partial charge on any atom is 0.110 e. The molecule has 18 heavy (non-hydrogen) atoms. The number of benzene rings is 1. The van der Waals surface area contributed by atoms with Crippen LogP contribution in [-0.4, -0.2) is 9.55 Å². The van der Waals surface area contributed by atoms with Crippen LogP contribution in [0.25, 0.3) is 11.0 Å². The van der Waals surface area contributed by atoms with Crippen LogP contribution in [-0.2, 0) is 13.0 Å². The van der Waals surface area contributed by atoms with Crippen LogP contribution < -0.4 is 0 Å². The molecule has 0 aliphatic heterocycles. The third-order valence-corrected chi connectivity index (χ3v) is 3.13. The van der Waals surface area contributed by atoms with Crippen LogP contribution in [0, 0.1) is 0 Å². The summed E-state index contributed by atoms with van der Waals surface area (Å²) < 4.78 is 7.42. The summed E-state index contributed by atoms with van der Waals surface area (Å²) in [6, 6.07) is 10.3. The Morgan fingerprint density at radius 1 is 1.22 bits per heavy atom. The lowest BCUT2D eigenvalue weighted by molar-refractivity contribution is 0.561. The van der Waals surface area contributed by atoms with Gasteiger partial charge in [-0.25, -0.2) is 4.98 Å². The van der Waals surface area contributed by atoms with Crippen molar-refractivity contribution in [3.63, 3.8) is 0 Å². The van der Waals surface area contributed by atoms with E-state index in [1.807, 2.05) is 12.1 Å². The van der Waals surface area contributed by atoms with E-state index in [1.54, 1.807) is 12.5 Å². The standard InChI is InChI=1S/C15H16N2O/c1-2-5-15-16-13-6-3-4-7-14(13)17(15)10-12-8-9-18-11-12/h3-4,6-9,11H,2,5,10H2,1H3. The molecule has 3 heteroatoms. The summed E-state index contributed by atoms with van der Waals surface area (Å²) in [5, 5.41) is 0. The monoisotopic (exact) mass is 240 g/mol. The molecule has 0 aliphatic rings. The molecule has 3 nitrogen and oxygen atoms in total. The molecule has 3 rings (SSSR count). The van der Waals surface area contributed by atoms with Crippen molar-refractivity contribution >= 4 is 11.0 Å². The molecule has 0 bridgehead atoms. The topological polar surface area (TPSA) is 31.0 Å². The Balaban J connectivity index is 2.09. The number of nitrogens with zero attached hydrogens (tertiary/aromatic N) is 2. The van der Waals surface area contributed by atoms with Crippen molar-refractivity contribution in [1.82, 2.24) is 9.55 Å². The number of aryl methyl sites for hydroxylation is 1. The summed E-state index contributed by atoms with van der Waals surface area (Å²) in [5.41, 5.74) is 3.45. The molecule has 0 atom stereocenters. The SMILES string of the molecule is CCCc1nc2ccccc2n1Cc1ccoc1. The summed E-state index contributed by atoms with van der Waals surface area (Å²) in [6.07, 6.45) is 5.62. The van der Waals surface area contributed by atoms with Crippen molar-refractivity contribution < 1.29 is 4.42 Å². The maximum absolute atomic E-state index is 5.14. The second-order valence-electron chi connectivity index (χ2n) is 4.48. The number of furan rings is 1. The van der Waals surface area contributed by atoms with Crippen molar-refractivity contribution in [2.75, 3.05) is 0 Å². The van der Waals surface area contributed by atoms with Gasteiger partial charge < -0.3 is 8.98 Å². The molecule has 0 radical (unpaired) electrons. The molecule has 0 saturated carbocycles. The molecule has 0 saturated heterocycles. The van der Waals surface area contributed by atoms with Gasteiger partial charge in [-0.1, -0.05) is 19.1 Å². The van der Waals surface area contributed by atoms with Crippen molar-refractivity contribution in [3.8, 4) is 0 Å². The molecule has 0 N–H and O–H groups in total. The number of para-hydroxylation sites is 2. The summed E-state index contributed by atoms with van der Waals surface area (Å²) in [6.45, 7) is 3.01. The molecule has 1 aromatic carbocycles. The zero-order valence-electron chi connectivity index (χ0n) is 10.5. The molecule has 0 fully saturated rings. The van der Waals surface area contributed by atoms with Crippen LogP contribution in [0.3, 0.4) is 0 Å². The molecule has 0 amide bonds. The minimum atomic E-state index is 0.826. The van der Waals surface area contributed by atoms with Gasteiger partial charge in [0, 0.05) is 12.0 Å². The molecule has 0 spiro atoms. The highest BCUT2D eigenvalue weighted by Crippen LogP contribution is 2.19. The molecule has 2 aromatic heterocycles. The van der Waals surface area contributed by atoms with Crippen LogP contribution in [0.2, 0.25) is 0 Å². The maximum atomic E-state index is 5.14. The number of imidazole rings is 1. The van der Waals surface area contributed by atoms with Gasteiger partial charge in [0.2, 0.25) is 0 Å². The fourth-order valence-corrected chi connectivity index (χ4v) is 2.28. The van der Waals surface area contributed by atoms with E-state index in [0.29, 0.717) is 0 Å². The van der Waals surface area contributed by atoms with Gasteiger partial charge in [0.15, 0.2) is 0 Å². The largest absolute Gasteiger partial charge is 0.472 e. The fourth-order valence-electron chi connectivity index (χ4n) is 2.28. The van der Waals surface area contributed by atoms with Gasteiger partial charge in [-0.2, -0.15) is 0 Å². The van der Waals surface area contributed by atoms with E-state index in [1.165, 1.54) is 11.1 Å². The second-order valence-corrected chi connectivity index (χ2v) is 4.48. The Morgan fingerprint density at radius 3 is 2.89 bits per heavy atom. The predicted octanol–water partition coefficient (Wildman–Crippen LogP) is 3.63. The van der Waals surface area contributed by atoms with E-state index in [9.17, 15) is 0 Å². The molecule has 0 unspecified atom stereocenters. The Hall–Kier alpha value is -2.03. The zero-order valence-corrected chi connectivity index (χ0v) is 10.5. The third kappa shape index (κ3) is 1.92. The van der Waals surface area contributed by atoms with Crippen molar-refractivity contribution in [2.24, 2.45) is 0 Å². The number of aromatic nitrogens is 2. The Morgan fingerprint density at radius 2 is 2.11 bits per heavy atom. The second kappa shape index (κ2) is 4.69. The van der Waals surface area contributed by atoms with Gasteiger partial charge in [-0.15, -0.1) is 0 Å². The first-order valence-corrected chi connectivity index (χ1v) is 6.33. The van der Waals surface area contributed by atoms with Crippen molar-refractivity contribution in [3.05, 3.63) is 54.2 Å². The van der Waals surface area contributed by atoms with E-state index in [0.717, 1.165) is 30.7 Å². The van der Waals surface area contributed by atoms with Gasteiger partial charge in [-0.05, 0) is 24.6 Å². The quantitative estimate of drug-likeness (QED) is 0.697. The third-order valence-electron chi connectivity index (χ3n) is 3.13. The van der Waals surface area contributed by atoms with E-state index in [4.69, 9.17) is 9.40 Å². The van der Waals surface area contributed by atoms with Gasteiger partial charge >= 0.3 is 0 Å². The zero-order chi connectivity index (χ0) is 12.4. The highest BCUT2D eigenvalue weighted by Gasteiger charge is 2.10. The predicted molar refractivity (Wildman–Crippen MR) is 71.5 cm³/mol. The smallest absolute Gasteiger partial charge is 0.110 e. The molecular weight excluding hydrogens is 224 g/mol. The molecule has 2 heterocycles. The lowest BCUT2D eigenvalue weighted by atomic mass is 10.3. The summed E-state index contributed by atoms with van der Waals surface area (Å²) >= 11 is 0. The normalized spacial score (nSPS) is 11.2. The first-order chi connectivity index (χ1) is 8.88. The number of hydrogen-bond acceptors (Lipinski definition) is 2. The molecule has 0 aliphatic carbocycles. The summed E-state index contributed by atoms with van der Waals surface area (Å²) in [7, 11) is 0. The number of rotatable bonds is 4. The van der Waals surface area contributed by atoms with E-state index in [2.05, 4.69) is 29.7 Å². The minimum Gasteiger partial charge on any atom is -0.472 e. The van der Waals surface area contributed by atoms with E-state index < -0.39 is 0 Å². The van der Waals surface area contributed by atoms with Gasteiger partial charge in [-0.3, -0.25) is 0 Å². The average molecular weight is 240 g/mol. The lowest BCUT2D eigenvalue weighted by Gasteiger charge is -2.06. The number of fused-ring (bicyclic) bond motifs is 1. The van der Waals surface area contributed by atoms with Crippen LogP contribution in [0.15, 0.2) is 47.3 Å². The fraction of sp³-hybridized carbons (Fsp3) is 0.267. The van der Waals surface area contributed by atoms with Gasteiger partial charge in [0.05, 0.1) is 30.1 Å². The highest BCUT2D eigenvalue weighted by molar-refractivity contribution is 5.76. The van der Waals surface area contributed by atoms with E-state index in [-0.39, 0.29) is 0 Å². The van der Waals surface area contributed by atoms with Crippen LogP contribution in [0.1, 0.15) is 24.7 Å². The van der Waals surface area contributed by atoms with Crippen molar-refractivity contribution in [2.45, 2.75) is 26.3 Å². The molecule has 3 aromatic rings. The van der Waals surface area contributed by atoms with E-state index >= 15 is 0 Å². The lowest BCUT2D eigenvalue weighted by Crippen LogP contribution is -2.04. The summed E-state index contributed by atoms with van der Waals surface area (Å²) in [5.74, 6) is 1.15. The van der Waals surface area contributed by atoms with Crippen molar-refractivity contribution in [1.29, 1.82) is 0 Å². The Labute approximate surface area is 106 Å². The minimum absolute atomic E-state index is 0.826. The van der Waals surface area contributed by atoms with Gasteiger partial charge in [0.25, 0.3) is 0 Å². The Kier molecular flexibility index (Phi) is 2.89. The van der Waals surface area contributed by atoms with Crippen LogP contribution in [0.4, 0.5) is 0 Å². The molecule has 92 valence electrons. The Bertz CT molecular complexity index is 638. The first kappa shape index (κ1) is 11.1. The van der Waals surface area contributed by atoms with Gasteiger partial charge in [0.1, 0.15) is 5.82 Å². The average Bonchev–Trinajstić information content (AvgIpc) is 3.00. The van der Waals surface area contributed by atoms with Crippen LogP contribution >= 0.6 is 0 Å². The molecular formula is C15H16N2O. The first-order valence-electron chi connectivity index (χ1n) is 6.33. The summed E-state index contributed by atoms with van der Waals surface area (Å²) in [4.78, 5) is 4.72. The highest BCUT2D eigenvalue weighted by atomic mass is 16.3. The van der Waals surface area contributed by atoms with Crippen LogP contribution in [0.5, 0.6) is 0 Å².